The summed E-state index contributed by atoms with van der Waals surface area (Å²) in [5.41, 5.74) is 5.26. The van der Waals surface area contributed by atoms with Crippen molar-refractivity contribution in [2.45, 2.75) is 26.2 Å². The molecular formula is C11H21N3O2. The second-order valence-electron chi connectivity index (χ2n) is 4.21. The average Bonchev–Trinajstić information content (AvgIpc) is 2.35. The third-order valence-electron chi connectivity index (χ3n) is 3.01. The first-order valence-electron chi connectivity index (χ1n) is 5.96. The van der Waals surface area contributed by atoms with Gasteiger partial charge in [0, 0.05) is 26.2 Å². The molecule has 1 unspecified atom stereocenters. The molecule has 0 radical (unpaired) electrons. The maximum Gasteiger partial charge on any atom is 0.311 e. The van der Waals surface area contributed by atoms with Crippen LogP contribution in [0.1, 0.15) is 26.2 Å². The van der Waals surface area contributed by atoms with Crippen LogP contribution < -0.4 is 11.1 Å². The minimum atomic E-state index is -0.526. The zero-order valence-corrected chi connectivity index (χ0v) is 9.87. The van der Waals surface area contributed by atoms with E-state index in [2.05, 4.69) is 12.2 Å². The van der Waals surface area contributed by atoms with Crippen LogP contribution in [0.4, 0.5) is 0 Å². The van der Waals surface area contributed by atoms with E-state index in [1.165, 1.54) is 0 Å². The van der Waals surface area contributed by atoms with Gasteiger partial charge >= 0.3 is 11.8 Å². The van der Waals surface area contributed by atoms with E-state index in [1.54, 1.807) is 4.90 Å². The van der Waals surface area contributed by atoms with Gasteiger partial charge in [-0.1, -0.05) is 13.3 Å². The number of likely N-dealkylation sites (tertiary alicyclic amines) is 1. The summed E-state index contributed by atoms with van der Waals surface area (Å²) in [6.07, 6.45) is 3.22. The van der Waals surface area contributed by atoms with Crippen LogP contribution >= 0.6 is 0 Å². The molecular weight excluding hydrogens is 206 g/mol. The van der Waals surface area contributed by atoms with Gasteiger partial charge in [0.15, 0.2) is 0 Å². The van der Waals surface area contributed by atoms with E-state index in [4.69, 9.17) is 5.73 Å². The van der Waals surface area contributed by atoms with Crippen molar-refractivity contribution in [2.75, 3.05) is 26.2 Å². The van der Waals surface area contributed by atoms with Crippen LogP contribution in [0.15, 0.2) is 0 Å². The van der Waals surface area contributed by atoms with E-state index >= 15 is 0 Å². The van der Waals surface area contributed by atoms with Gasteiger partial charge in [0.2, 0.25) is 0 Å². The van der Waals surface area contributed by atoms with Gasteiger partial charge in [0.25, 0.3) is 0 Å². The summed E-state index contributed by atoms with van der Waals surface area (Å²) in [7, 11) is 0. The summed E-state index contributed by atoms with van der Waals surface area (Å²) >= 11 is 0. The molecule has 92 valence electrons. The number of amides is 2. The van der Waals surface area contributed by atoms with Crippen LogP contribution in [0.5, 0.6) is 0 Å². The Morgan fingerprint density at radius 3 is 2.88 bits per heavy atom. The number of hydrogen-bond acceptors (Lipinski definition) is 3. The zero-order valence-electron chi connectivity index (χ0n) is 9.87. The lowest BCUT2D eigenvalue weighted by Crippen LogP contribution is -2.48. The molecule has 0 aliphatic carbocycles. The van der Waals surface area contributed by atoms with E-state index in [1.807, 2.05) is 0 Å². The maximum absolute atomic E-state index is 11.7. The van der Waals surface area contributed by atoms with Gasteiger partial charge in [0.1, 0.15) is 0 Å². The Kier molecular flexibility index (Phi) is 5.25. The van der Waals surface area contributed by atoms with Gasteiger partial charge in [-0.2, -0.15) is 0 Å². The van der Waals surface area contributed by atoms with Crippen molar-refractivity contribution in [1.82, 2.24) is 10.2 Å². The number of hydrogen-bond donors (Lipinski definition) is 2. The van der Waals surface area contributed by atoms with Crippen molar-refractivity contribution < 1.29 is 9.59 Å². The number of nitrogens with one attached hydrogen (secondary N) is 1. The molecule has 16 heavy (non-hydrogen) atoms. The largest absolute Gasteiger partial charge is 0.347 e. The van der Waals surface area contributed by atoms with E-state index in [0.717, 1.165) is 19.3 Å². The molecule has 0 aromatic heterocycles. The lowest BCUT2D eigenvalue weighted by atomic mass is 9.95. The summed E-state index contributed by atoms with van der Waals surface area (Å²) in [6.45, 7) is 4.25. The highest BCUT2D eigenvalue weighted by atomic mass is 16.2. The smallest absolute Gasteiger partial charge is 0.311 e. The number of carbonyl (C=O) groups is 2. The molecule has 1 saturated heterocycles. The molecule has 1 heterocycles. The van der Waals surface area contributed by atoms with Gasteiger partial charge in [-0.25, -0.2) is 0 Å². The summed E-state index contributed by atoms with van der Waals surface area (Å²) < 4.78 is 0. The van der Waals surface area contributed by atoms with Crippen molar-refractivity contribution in [1.29, 1.82) is 0 Å². The first-order valence-corrected chi connectivity index (χ1v) is 5.96. The Labute approximate surface area is 96.4 Å². The molecule has 0 spiro atoms. The van der Waals surface area contributed by atoms with Crippen molar-refractivity contribution in [2.24, 2.45) is 11.7 Å². The van der Waals surface area contributed by atoms with Gasteiger partial charge in [-0.15, -0.1) is 0 Å². The SMILES string of the molecule is CCC1CCCN(C(=O)C(=O)NCCN)C1. The number of carbonyl (C=O) groups excluding carboxylic acids is 2. The third-order valence-corrected chi connectivity index (χ3v) is 3.01. The van der Waals surface area contributed by atoms with Crippen LogP contribution in [0.3, 0.4) is 0 Å². The van der Waals surface area contributed by atoms with Crippen LogP contribution in [-0.2, 0) is 9.59 Å². The van der Waals surface area contributed by atoms with Crippen LogP contribution in [0.2, 0.25) is 0 Å². The fourth-order valence-electron chi connectivity index (χ4n) is 1.99. The Morgan fingerprint density at radius 1 is 1.50 bits per heavy atom. The summed E-state index contributed by atoms with van der Waals surface area (Å²) in [5, 5.41) is 2.51. The second kappa shape index (κ2) is 6.48. The monoisotopic (exact) mass is 227 g/mol. The topological polar surface area (TPSA) is 75.4 Å². The minimum Gasteiger partial charge on any atom is -0.347 e. The molecule has 5 nitrogen and oxygen atoms in total. The molecule has 1 rings (SSSR count). The lowest BCUT2D eigenvalue weighted by molar-refractivity contribution is -0.147. The molecule has 5 heteroatoms. The Morgan fingerprint density at radius 2 is 2.25 bits per heavy atom. The van der Waals surface area contributed by atoms with Crippen molar-refractivity contribution in [3.8, 4) is 0 Å². The van der Waals surface area contributed by atoms with Crippen LogP contribution in [-0.4, -0.2) is 42.9 Å². The van der Waals surface area contributed by atoms with Gasteiger partial charge in [0.05, 0.1) is 0 Å². The predicted octanol–water partition coefficient (Wildman–Crippen LogP) is -0.290. The predicted molar refractivity (Wildman–Crippen MR) is 61.7 cm³/mol. The molecule has 1 fully saturated rings. The fraction of sp³-hybridized carbons (Fsp3) is 0.818. The van der Waals surface area contributed by atoms with E-state index in [0.29, 0.717) is 32.1 Å². The summed E-state index contributed by atoms with van der Waals surface area (Å²) in [4.78, 5) is 24.8. The molecule has 0 saturated carbocycles. The Bertz CT molecular complexity index is 256. The number of nitrogens with zero attached hydrogens (tertiary/aromatic N) is 1. The fourth-order valence-corrected chi connectivity index (χ4v) is 1.99. The number of nitrogens with two attached hydrogens (primary N) is 1. The van der Waals surface area contributed by atoms with Crippen molar-refractivity contribution >= 4 is 11.8 Å². The van der Waals surface area contributed by atoms with Crippen molar-refractivity contribution in [3.05, 3.63) is 0 Å². The zero-order chi connectivity index (χ0) is 12.0. The van der Waals surface area contributed by atoms with E-state index < -0.39 is 11.8 Å². The van der Waals surface area contributed by atoms with E-state index in [-0.39, 0.29) is 0 Å². The average molecular weight is 227 g/mol. The Hall–Kier alpha value is -1.10. The van der Waals surface area contributed by atoms with Crippen molar-refractivity contribution in [3.63, 3.8) is 0 Å². The number of rotatable bonds is 3. The molecule has 1 atom stereocenters. The summed E-state index contributed by atoms with van der Waals surface area (Å²) in [5.74, 6) is -0.395. The lowest BCUT2D eigenvalue weighted by Gasteiger charge is -2.31. The molecule has 0 aromatic carbocycles. The molecule has 0 bridgehead atoms. The number of piperidine rings is 1. The molecule has 1 aliphatic rings. The maximum atomic E-state index is 11.7. The normalized spacial score (nSPS) is 20.6. The minimum absolute atomic E-state index is 0.357. The molecule has 1 aliphatic heterocycles. The first-order chi connectivity index (χ1) is 7.69. The Balaban J connectivity index is 2.43. The standard InChI is InChI=1S/C11H21N3O2/c1-2-9-4-3-7-14(8-9)11(16)10(15)13-6-5-12/h9H,2-8,12H2,1H3,(H,13,15). The third kappa shape index (κ3) is 3.48. The summed E-state index contributed by atoms with van der Waals surface area (Å²) in [6, 6.07) is 0. The van der Waals surface area contributed by atoms with Gasteiger partial charge < -0.3 is 16.0 Å². The first kappa shape index (κ1) is 13.0. The van der Waals surface area contributed by atoms with Gasteiger partial charge in [-0.3, -0.25) is 9.59 Å². The highest BCUT2D eigenvalue weighted by molar-refractivity contribution is 6.35. The van der Waals surface area contributed by atoms with E-state index in [9.17, 15) is 9.59 Å². The molecule has 2 amide bonds. The van der Waals surface area contributed by atoms with Gasteiger partial charge in [-0.05, 0) is 18.8 Å². The highest BCUT2D eigenvalue weighted by Crippen LogP contribution is 2.18. The van der Waals surface area contributed by atoms with Crippen LogP contribution in [0.25, 0.3) is 0 Å². The molecule has 3 N–H and O–H groups in total. The van der Waals surface area contributed by atoms with Crippen LogP contribution in [0, 0.1) is 5.92 Å². The quantitative estimate of drug-likeness (QED) is 0.651. The second-order valence-corrected chi connectivity index (χ2v) is 4.21. The molecule has 0 aromatic rings. The highest BCUT2D eigenvalue weighted by Gasteiger charge is 2.26.